The van der Waals surface area contributed by atoms with Crippen LogP contribution < -0.4 is 0 Å². The minimum absolute atomic E-state index is 1.65. The van der Waals surface area contributed by atoms with Crippen LogP contribution in [0, 0.1) is 0 Å². The minimum Gasteiger partial charge on any atom is -0.272 e. The van der Waals surface area contributed by atoms with Crippen LogP contribution in [0.1, 0.15) is 0 Å². The van der Waals surface area contributed by atoms with Crippen molar-refractivity contribution in [1.29, 1.82) is 0 Å². The van der Waals surface area contributed by atoms with Crippen molar-refractivity contribution in [2.24, 2.45) is 0 Å². The standard InChI is InChI=1S/2C3H3ClF4O2S/c2*4-11(9)10-1-3(7,8)2(5)6/h2*2H,1H2. The summed E-state index contributed by atoms with van der Waals surface area (Å²) in [5.74, 6) is -8.60. The fourth-order valence-electron chi connectivity index (χ4n) is 0.376. The van der Waals surface area contributed by atoms with Crippen molar-refractivity contribution in [1.82, 2.24) is 0 Å². The molecule has 0 rings (SSSR count). The quantitative estimate of drug-likeness (QED) is 0.439. The van der Waals surface area contributed by atoms with Gasteiger partial charge in [0.15, 0.2) is 0 Å². The molecule has 0 aliphatic carbocycles. The van der Waals surface area contributed by atoms with Crippen LogP contribution in [0.5, 0.6) is 0 Å². The van der Waals surface area contributed by atoms with Crippen molar-refractivity contribution >= 4 is 42.0 Å². The van der Waals surface area contributed by atoms with Crippen molar-refractivity contribution in [3.8, 4) is 0 Å². The van der Waals surface area contributed by atoms with Gasteiger partial charge in [0.1, 0.15) is 13.2 Å². The third-order valence-electron chi connectivity index (χ3n) is 1.33. The molecule has 0 aromatic rings. The van der Waals surface area contributed by atoms with E-state index in [1.165, 1.54) is 0 Å². The molecule has 0 aliphatic heterocycles. The average Bonchev–Trinajstić information content (AvgIpc) is 2.34. The highest BCUT2D eigenvalue weighted by molar-refractivity contribution is 8.04. The van der Waals surface area contributed by atoms with Crippen LogP contribution in [0.3, 0.4) is 0 Å². The summed E-state index contributed by atoms with van der Waals surface area (Å²) in [6.07, 6.45) is -7.69. The van der Waals surface area contributed by atoms with E-state index in [0.29, 0.717) is 0 Å². The summed E-state index contributed by atoms with van der Waals surface area (Å²) in [5, 5.41) is 0. The van der Waals surface area contributed by atoms with E-state index in [1.54, 1.807) is 0 Å². The van der Waals surface area contributed by atoms with E-state index in [0.717, 1.165) is 0 Å². The van der Waals surface area contributed by atoms with Gasteiger partial charge in [0, 0.05) is 21.4 Å². The molecule has 0 N–H and O–H groups in total. The monoisotopic (exact) mass is 428 g/mol. The lowest BCUT2D eigenvalue weighted by Gasteiger charge is -2.12. The smallest absolute Gasteiger partial charge is 0.272 e. The Balaban J connectivity index is 0. The van der Waals surface area contributed by atoms with E-state index < -0.39 is 58.5 Å². The van der Waals surface area contributed by atoms with Gasteiger partial charge in [-0.25, -0.2) is 26.0 Å². The van der Waals surface area contributed by atoms with Gasteiger partial charge < -0.3 is 0 Å². The van der Waals surface area contributed by atoms with Crippen molar-refractivity contribution in [2.75, 3.05) is 13.2 Å². The van der Waals surface area contributed by atoms with E-state index in [4.69, 9.17) is 0 Å². The zero-order valence-electron chi connectivity index (χ0n) is 9.80. The molecule has 0 saturated heterocycles. The molecule has 16 heteroatoms. The van der Waals surface area contributed by atoms with Gasteiger partial charge in [-0.05, 0) is 0 Å². The fourth-order valence-corrected chi connectivity index (χ4v) is 1.14. The molecule has 0 radical (unpaired) electrons. The predicted molar refractivity (Wildman–Crippen MR) is 61.8 cm³/mol. The Labute approximate surface area is 132 Å². The summed E-state index contributed by atoms with van der Waals surface area (Å²) in [6.45, 7) is -3.30. The first kappa shape index (κ1) is 24.5. The minimum atomic E-state index is -4.30. The molecular formula is C6H6Cl2F8O4S2. The largest absolute Gasteiger partial charge is 0.331 e. The third-order valence-corrected chi connectivity index (χ3v) is 2.47. The lowest BCUT2D eigenvalue weighted by atomic mass is 10.4. The van der Waals surface area contributed by atoms with Crippen LogP contribution in [-0.2, 0) is 29.0 Å². The Bertz CT molecular complexity index is 339. The first-order valence-corrected chi connectivity index (χ1v) is 8.27. The van der Waals surface area contributed by atoms with E-state index >= 15 is 0 Å². The molecule has 0 spiro atoms. The Hall–Kier alpha value is 0.240. The molecule has 22 heavy (non-hydrogen) atoms. The van der Waals surface area contributed by atoms with E-state index in [2.05, 4.69) is 29.7 Å². The first-order chi connectivity index (χ1) is 9.72. The Kier molecular flexibility index (Phi) is 12.1. The summed E-state index contributed by atoms with van der Waals surface area (Å²) in [4.78, 5) is 0. The number of rotatable bonds is 8. The van der Waals surface area contributed by atoms with Crippen molar-refractivity contribution in [3.63, 3.8) is 0 Å². The van der Waals surface area contributed by atoms with E-state index in [9.17, 15) is 43.5 Å². The molecule has 0 amide bonds. The van der Waals surface area contributed by atoms with E-state index in [1.807, 2.05) is 0 Å². The second-order valence-electron chi connectivity index (χ2n) is 3.04. The van der Waals surface area contributed by atoms with Gasteiger partial charge in [0.2, 0.25) is 0 Å². The summed E-state index contributed by atoms with van der Waals surface area (Å²) in [6, 6.07) is 0. The zero-order valence-corrected chi connectivity index (χ0v) is 12.9. The molecule has 4 nitrogen and oxygen atoms in total. The highest BCUT2D eigenvalue weighted by atomic mass is 35.7. The lowest BCUT2D eigenvalue weighted by Crippen LogP contribution is -2.32. The van der Waals surface area contributed by atoms with Crippen LogP contribution in [0.15, 0.2) is 0 Å². The molecule has 136 valence electrons. The molecule has 0 fully saturated rings. The van der Waals surface area contributed by atoms with Crippen LogP contribution in [0.25, 0.3) is 0 Å². The summed E-state index contributed by atoms with van der Waals surface area (Å²) in [5.41, 5.74) is 0. The number of hydrogen-bond donors (Lipinski definition) is 0. The van der Waals surface area contributed by atoms with Crippen molar-refractivity contribution in [3.05, 3.63) is 0 Å². The molecule has 0 bridgehead atoms. The maximum atomic E-state index is 11.8. The molecular weight excluding hydrogens is 423 g/mol. The molecule has 0 aromatic carbocycles. The van der Waals surface area contributed by atoms with Gasteiger partial charge in [0.05, 0.1) is 0 Å². The van der Waals surface area contributed by atoms with Crippen LogP contribution in [0.4, 0.5) is 35.1 Å². The maximum absolute atomic E-state index is 11.8. The third kappa shape index (κ3) is 12.8. The van der Waals surface area contributed by atoms with Gasteiger partial charge in [-0.3, -0.25) is 8.37 Å². The zero-order chi connectivity index (χ0) is 18.1. The highest BCUT2D eigenvalue weighted by Gasteiger charge is 2.42. The Morgan fingerprint density at radius 3 is 1.14 bits per heavy atom. The number of hydrogen-bond acceptors (Lipinski definition) is 4. The Morgan fingerprint density at radius 1 is 0.773 bits per heavy atom. The van der Waals surface area contributed by atoms with Crippen LogP contribution in [-0.4, -0.2) is 46.3 Å². The van der Waals surface area contributed by atoms with Crippen LogP contribution in [0.2, 0.25) is 0 Å². The van der Waals surface area contributed by atoms with Crippen molar-refractivity contribution in [2.45, 2.75) is 24.7 Å². The molecule has 2 unspecified atom stereocenters. The fraction of sp³-hybridized carbons (Fsp3) is 1.00. The van der Waals surface area contributed by atoms with Gasteiger partial charge >= 0.3 is 24.7 Å². The number of alkyl halides is 8. The molecule has 0 heterocycles. The lowest BCUT2D eigenvalue weighted by molar-refractivity contribution is -0.146. The Morgan fingerprint density at radius 2 is 1.00 bits per heavy atom. The highest BCUT2D eigenvalue weighted by Crippen LogP contribution is 2.24. The van der Waals surface area contributed by atoms with Gasteiger partial charge in [0.25, 0.3) is 20.6 Å². The summed E-state index contributed by atoms with van der Waals surface area (Å²) < 4.78 is 119. The van der Waals surface area contributed by atoms with Gasteiger partial charge in [-0.1, -0.05) is 0 Å². The first-order valence-electron chi connectivity index (χ1n) is 4.47. The molecule has 0 saturated carbocycles. The second-order valence-corrected chi connectivity index (χ2v) is 5.80. The summed E-state index contributed by atoms with van der Waals surface area (Å²) in [7, 11) is 4.18. The molecule has 2 atom stereocenters. The molecule has 0 aliphatic rings. The van der Waals surface area contributed by atoms with E-state index in [-0.39, 0.29) is 0 Å². The number of halogens is 10. The average molecular weight is 429 g/mol. The SMILES string of the molecule is O=S(Cl)OCC(F)(F)C(F)F.O=S(Cl)OCC(F)(F)C(F)F. The van der Waals surface area contributed by atoms with Crippen molar-refractivity contribution < 1.29 is 51.9 Å². The second kappa shape index (κ2) is 10.9. The normalized spacial score (nSPS) is 15.5. The van der Waals surface area contributed by atoms with Gasteiger partial charge in [-0.15, -0.1) is 0 Å². The predicted octanol–water partition coefficient (Wildman–Crippen LogP) is 3.44. The molecule has 0 aromatic heterocycles. The maximum Gasteiger partial charge on any atom is 0.331 e. The van der Waals surface area contributed by atoms with Gasteiger partial charge in [-0.2, -0.15) is 17.6 Å². The summed E-state index contributed by atoms with van der Waals surface area (Å²) >= 11 is 0. The van der Waals surface area contributed by atoms with Crippen LogP contribution >= 0.6 is 21.4 Å². The topological polar surface area (TPSA) is 52.6 Å².